The average molecular weight is 401 g/mol. The number of methoxy groups -OCH3 is 1. The van der Waals surface area contributed by atoms with Gasteiger partial charge in [0.2, 0.25) is 5.91 Å². The molecule has 0 bridgehead atoms. The van der Waals surface area contributed by atoms with E-state index in [1.807, 2.05) is 60.7 Å². The molecule has 1 N–H and O–H groups in total. The first kappa shape index (κ1) is 19.6. The number of carbonyl (C=O) groups excluding carboxylic acids is 2. The number of hydrogen-bond acceptors (Lipinski definition) is 4. The number of likely N-dealkylation sites (N-methyl/N-ethyl adjacent to an activating group) is 1. The highest BCUT2D eigenvalue weighted by Gasteiger charge is 2.42. The average Bonchev–Trinajstić information content (AvgIpc) is 2.80. The molecule has 0 aliphatic carbocycles. The maximum absolute atomic E-state index is 13.4. The fraction of sp³-hybridized carbons (Fsp3) is 0.208. The number of benzene rings is 2. The summed E-state index contributed by atoms with van der Waals surface area (Å²) in [5, 5.41) is 3.00. The highest BCUT2D eigenvalue weighted by molar-refractivity contribution is 6.01. The molecule has 1 aliphatic heterocycles. The first-order chi connectivity index (χ1) is 14.6. The first-order valence-electron chi connectivity index (χ1n) is 9.78. The van der Waals surface area contributed by atoms with E-state index in [0.29, 0.717) is 12.1 Å². The van der Waals surface area contributed by atoms with Gasteiger partial charge in [-0.05, 0) is 41.5 Å². The van der Waals surface area contributed by atoms with E-state index in [0.717, 1.165) is 22.6 Å². The molecule has 1 aliphatic rings. The molecule has 0 radical (unpaired) electrons. The molecule has 30 heavy (non-hydrogen) atoms. The zero-order valence-electron chi connectivity index (χ0n) is 16.9. The Morgan fingerprint density at radius 2 is 1.80 bits per heavy atom. The summed E-state index contributed by atoms with van der Waals surface area (Å²) in [6, 6.07) is 20.0. The summed E-state index contributed by atoms with van der Waals surface area (Å²) in [6.45, 7) is 0.325. The molecule has 3 aromatic rings. The van der Waals surface area contributed by atoms with Crippen molar-refractivity contribution in [3.8, 4) is 5.75 Å². The van der Waals surface area contributed by atoms with Crippen LogP contribution in [0, 0.1) is 0 Å². The highest BCUT2D eigenvalue weighted by atomic mass is 16.5. The van der Waals surface area contributed by atoms with Crippen LogP contribution in [0.2, 0.25) is 0 Å². The van der Waals surface area contributed by atoms with Crippen molar-refractivity contribution in [2.75, 3.05) is 14.2 Å². The van der Waals surface area contributed by atoms with E-state index in [1.54, 1.807) is 31.3 Å². The second-order valence-corrected chi connectivity index (χ2v) is 7.24. The van der Waals surface area contributed by atoms with Gasteiger partial charge in [-0.3, -0.25) is 14.6 Å². The Bertz CT molecular complexity index is 1050. The van der Waals surface area contributed by atoms with Gasteiger partial charge in [-0.1, -0.05) is 36.4 Å². The molecule has 2 amide bonds. The number of fused-ring (bicyclic) bond motifs is 1. The number of ether oxygens (including phenoxy) is 1. The maximum atomic E-state index is 13.4. The second-order valence-electron chi connectivity index (χ2n) is 7.24. The van der Waals surface area contributed by atoms with Crippen LogP contribution in [-0.2, 0) is 11.3 Å². The van der Waals surface area contributed by atoms with E-state index in [1.165, 1.54) is 0 Å². The SMILES string of the molecule is COc1ccc([C@H]2[C@H](C(=O)NCc3ccccn3)c3ccccc3C(=O)N2C)cc1. The molecule has 0 saturated carbocycles. The summed E-state index contributed by atoms with van der Waals surface area (Å²) in [5.41, 5.74) is 2.95. The number of rotatable bonds is 5. The lowest BCUT2D eigenvalue weighted by molar-refractivity contribution is -0.124. The van der Waals surface area contributed by atoms with Crippen LogP contribution in [0.15, 0.2) is 72.9 Å². The summed E-state index contributed by atoms with van der Waals surface area (Å²) >= 11 is 0. The molecule has 0 spiro atoms. The van der Waals surface area contributed by atoms with Gasteiger partial charge in [0, 0.05) is 18.8 Å². The minimum atomic E-state index is -0.541. The monoisotopic (exact) mass is 401 g/mol. The van der Waals surface area contributed by atoms with Crippen molar-refractivity contribution >= 4 is 11.8 Å². The highest BCUT2D eigenvalue weighted by Crippen LogP contribution is 2.42. The Kier molecular flexibility index (Phi) is 5.48. The van der Waals surface area contributed by atoms with Crippen molar-refractivity contribution in [2.24, 2.45) is 0 Å². The number of amides is 2. The first-order valence-corrected chi connectivity index (χ1v) is 9.78. The Hall–Kier alpha value is -3.67. The van der Waals surface area contributed by atoms with Crippen molar-refractivity contribution in [1.29, 1.82) is 0 Å². The van der Waals surface area contributed by atoms with Gasteiger partial charge in [-0.2, -0.15) is 0 Å². The lowest BCUT2D eigenvalue weighted by Crippen LogP contribution is -2.45. The molecule has 0 unspecified atom stereocenters. The van der Waals surface area contributed by atoms with E-state index in [9.17, 15) is 9.59 Å². The summed E-state index contributed by atoms with van der Waals surface area (Å²) in [4.78, 5) is 32.3. The van der Waals surface area contributed by atoms with Crippen molar-refractivity contribution in [3.05, 3.63) is 95.3 Å². The Labute approximate surface area is 175 Å². The van der Waals surface area contributed by atoms with Gasteiger partial charge < -0.3 is 15.0 Å². The number of nitrogens with zero attached hydrogens (tertiary/aromatic N) is 2. The predicted molar refractivity (Wildman–Crippen MR) is 113 cm³/mol. The molecule has 6 heteroatoms. The maximum Gasteiger partial charge on any atom is 0.254 e. The lowest BCUT2D eigenvalue weighted by Gasteiger charge is -2.39. The number of aromatic nitrogens is 1. The normalized spacial score (nSPS) is 17.9. The third kappa shape index (κ3) is 3.64. The number of hydrogen-bond donors (Lipinski definition) is 1. The van der Waals surface area contributed by atoms with E-state index >= 15 is 0 Å². The third-order valence-corrected chi connectivity index (χ3v) is 5.49. The molecular weight excluding hydrogens is 378 g/mol. The fourth-order valence-electron chi connectivity index (χ4n) is 3.97. The molecule has 2 aromatic carbocycles. The standard InChI is InChI=1S/C24H23N3O3/c1-27-22(16-10-12-18(30-2)13-11-16)21(19-8-3-4-9-20(19)24(27)29)23(28)26-15-17-7-5-6-14-25-17/h3-14,21-22H,15H2,1-2H3,(H,26,28)/t21-,22+/m1/s1. The minimum Gasteiger partial charge on any atom is -0.497 e. The van der Waals surface area contributed by atoms with Crippen LogP contribution in [0.25, 0.3) is 0 Å². The van der Waals surface area contributed by atoms with Crippen LogP contribution < -0.4 is 10.1 Å². The molecule has 6 nitrogen and oxygen atoms in total. The zero-order chi connectivity index (χ0) is 21.1. The van der Waals surface area contributed by atoms with Crippen LogP contribution in [0.5, 0.6) is 5.75 Å². The predicted octanol–water partition coefficient (Wildman–Crippen LogP) is 3.32. The number of pyridine rings is 1. The summed E-state index contributed by atoms with van der Waals surface area (Å²) < 4.78 is 5.26. The summed E-state index contributed by atoms with van der Waals surface area (Å²) in [7, 11) is 3.35. The molecule has 152 valence electrons. The van der Waals surface area contributed by atoms with Gasteiger partial charge in [0.05, 0.1) is 31.3 Å². The Balaban J connectivity index is 1.72. The Morgan fingerprint density at radius 3 is 2.50 bits per heavy atom. The van der Waals surface area contributed by atoms with Gasteiger partial charge in [-0.25, -0.2) is 0 Å². The zero-order valence-corrected chi connectivity index (χ0v) is 16.9. The molecular formula is C24H23N3O3. The van der Waals surface area contributed by atoms with E-state index in [4.69, 9.17) is 4.74 Å². The van der Waals surface area contributed by atoms with E-state index in [-0.39, 0.29) is 11.8 Å². The van der Waals surface area contributed by atoms with Crippen molar-refractivity contribution in [1.82, 2.24) is 15.2 Å². The van der Waals surface area contributed by atoms with Crippen LogP contribution >= 0.6 is 0 Å². The fourth-order valence-corrected chi connectivity index (χ4v) is 3.97. The van der Waals surface area contributed by atoms with Gasteiger partial charge in [-0.15, -0.1) is 0 Å². The molecule has 2 atom stereocenters. The summed E-state index contributed by atoms with van der Waals surface area (Å²) in [5.74, 6) is -0.0606. The van der Waals surface area contributed by atoms with Crippen LogP contribution in [-0.4, -0.2) is 35.9 Å². The molecule has 2 heterocycles. The largest absolute Gasteiger partial charge is 0.497 e. The van der Waals surface area contributed by atoms with Gasteiger partial charge in [0.15, 0.2) is 0 Å². The van der Waals surface area contributed by atoms with Crippen LogP contribution in [0.1, 0.15) is 39.1 Å². The van der Waals surface area contributed by atoms with E-state index < -0.39 is 12.0 Å². The van der Waals surface area contributed by atoms with E-state index in [2.05, 4.69) is 10.3 Å². The number of nitrogens with one attached hydrogen (secondary N) is 1. The van der Waals surface area contributed by atoms with Crippen LogP contribution in [0.3, 0.4) is 0 Å². The summed E-state index contributed by atoms with van der Waals surface area (Å²) in [6.07, 6.45) is 1.70. The van der Waals surface area contributed by atoms with Crippen molar-refractivity contribution in [2.45, 2.75) is 18.5 Å². The van der Waals surface area contributed by atoms with Gasteiger partial charge >= 0.3 is 0 Å². The topological polar surface area (TPSA) is 71.5 Å². The second kappa shape index (κ2) is 8.37. The van der Waals surface area contributed by atoms with Gasteiger partial charge in [0.25, 0.3) is 5.91 Å². The molecule has 4 rings (SSSR count). The van der Waals surface area contributed by atoms with Crippen LogP contribution in [0.4, 0.5) is 0 Å². The quantitative estimate of drug-likeness (QED) is 0.712. The molecule has 0 fully saturated rings. The Morgan fingerprint density at radius 1 is 1.07 bits per heavy atom. The lowest BCUT2D eigenvalue weighted by atomic mass is 9.79. The molecule has 1 aromatic heterocycles. The smallest absolute Gasteiger partial charge is 0.254 e. The van der Waals surface area contributed by atoms with Gasteiger partial charge in [0.1, 0.15) is 5.75 Å². The molecule has 0 saturated heterocycles. The third-order valence-electron chi connectivity index (χ3n) is 5.49. The van der Waals surface area contributed by atoms with Crippen molar-refractivity contribution < 1.29 is 14.3 Å². The van der Waals surface area contributed by atoms with Crippen molar-refractivity contribution in [3.63, 3.8) is 0 Å². The minimum absolute atomic E-state index is 0.0970. The number of carbonyl (C=O) groups is 2.